The SMILES string of the molecule is Cn1c(/C(C#N)=C(\O)c2ccc(Cc3ccccc3)cc2)nc2ccccc21. The van der Waals surface area contributed by atoms with E-state index in [1.807, 2.05) is 78.3 Å². The van der Waals surface area contributed by atoms with Crippen LogP contribution in [0.5, 0.6) is 0 Å². The zero-order chi connectivity index (χ0) is 19.5. The van der Waals surface area contributed by atoms with Gasteiger partial charge in [0.1, 0.15) is 17.4 Å². The minimum atomic E-state index is -0.0628. The Morgan fingerprint density at radius 3 is 2.25 bits per heavy atom. The van der Waals surface area contributed by atoms with Gasteiger partial charge in [-0.15, -0.1) is 0 Å². The van der Waals surface area contributed by atoms with Gasteiger partial charge in [-0.05, 0) is 29.7 Å². The molecule has 0 aliphatic carbocycles. The number of imidazole rings is 1. The number of hydrogen-bond donors (Lipinski definition) is 1. The lowest BCUT2D eigenvalue weighted by Gasteiger charge is -2.07. The van der Waals surface area contributed by atoms with E-state index < -0.39 is 0 Å². The Kier molecular flexibility index (Phi) is 4.65. The predicted octanol–water partition coefficient (Wildman–Crippen LogP) is 5.11. The summed E-state index contributed by atoms with van der Waals surface area (Å²) >= 11 is 0. The van der Waals surface area contributed by atoms with E-state index in [1.165, 1.54) is 5.56 Å². The third kappa shape index (κ3) is 3.26. The Morgan fingerprint density at radius 1 is 0.929 bits per heavy atom. The lowest BCUT2D eigenvalue weighted by Crippen LogP contribution is -1.99. The normalized spacial score (nSPS) is 11.9. The molecule has 3 aromatic carbocycles. The molecule has 0 atom stereocenters. The number of rotatable bonds is 4. The number of fused-ring (bicyclic) bond motifs is 1. The van der Waals surface area contributed by atoms with Crippen molar-refractivity contribution in [3.05, 3.63) is 101 Å². The number of nitriles is 1. The van der Waals surface area contributed by atoms with Gasteiger partial charge in [0.05, 0.1) is 11.0 Å². The van der Waals surface area contributed by atoms with E-state index in [9.17, 15) is 10.4 Å². The number of benzene rings is 3. The van der Waals surface area contributed by atoms with Crippen molar-refractivity contribution in [3.63, 3.8) is 0 Å². The van der Waals surface area contributed by atoms with Crippen molar-refractivity contribution in [1.29, 1.82) is 5.26 Å². The second-order valence-electron chi connectivity index (χ2n) is 6.68. The van der Waals surface area contributed by atoms with Crippen LogP contribution < -0.4 is 0 Å². The number of para-hydroxylation sites is 2. The van der Waals surface area contributed by atoms with E-state index in [1.54, 1.807) is 0 Å². The maximum absolute atomic E-state index is 10.8. The Bertz CT molecular complexity index is 1200. The highest BCUT2D eigenvalue weighted by Gasteiger charge is 2.17. The molecule has 0 radical (unpaired) electrons. The summed E-state index contributed by atoms with van der Waals surface area (Å²) in [6, 6.07) is 27.6. The van der Waals surface area contributed by atoms with Gasteiger partial charge in [0, 0.05) is 12.6 Å². The molecule has 4 aromatic rings. The standard InChI is InChI=1S/C24H19N3O/c1-27-22-10-6-5-9-21(22)26-24(27)20(16-25)23(28)19-13-11-18(12-14-19)15-17-7-3-2-4-8-17/h2-14,28H,15H2,1H3/b23-20-. The minimum absolute atomic E-state index is 0.0628. The second kappa shape index (κ2) is 7.42. The lowest BCUT2D eigenvalue weighted by molar-refractivity contribution is 0.513. The molecule has 4 nitrogen and oxygen atoms in total. The molecule has 136 valence electrons. The highest BCUT2D eigenvalue weighted by atomic mass is 16.3. The summed E-state index contributed by atoms with van der Waals surface area (Å²) in [6.45, 7) is 0. The maximum Gasteiger partial charge on any atom is 0.155 e. The van der Waals surface area contributed by atoms with Gasteiger partial charge in [0.15, 0.2) is 5.82 Å². The highest BCUT2D eigenvalue weighted by molar-refractivity contribution is 5.94. The van der Waals surface area contributed by atoms with Crippen LogP contribution in [0.3, 0.4) is 0 Å². The van der Waals surface area contributed by atoms with Crippen LogP contribution in [0.1, 0.15) is 22.5 Å². The van der Waals surface area contributed by atoms with Crippen molar-refractivity contribution in [2.75, 3.05) is 0 Å². The second-order valence-corrected chi connectivity index (χ2v) is 6.68. The first-order chi connectivity index (χ1) is 13.7. The number of aromatic nitrogens is 2. The molecule has 4 heteroatoms. The van der Waals surface area contributed by atoms with Crippen LogP contribution in [0.15, 0.2) is 78.9 Å². The van der Waals surface area contributed by atoms with E-state index in [-0.39, 0.29) is 11.3 Å². The molecule has 4 rings (SSSR count). The number of aryl methyl sites for hydroxylation is 1. The monoisotopic (exact) mass is 365 g/mol. The highest BCUT2D eigenvalue weighted by Crippen LogP contribution is 2.26. The molecule has 1 aromatic heterocycles. The summed E-state index contributed by atoms with van der Waals surface area (Å²) in [5.74, 6) is 0.390. The fourth-order valence-electron chi connectivity index (χ4n) is 3.33. The van der Waals surface area contributed by atoms with E-state index in [0.717, 1.165) is 23.0 Å². The van der Waals surface area contributed by atoms with Gasteiger partial charge in [0.2, 0.25) is 0 Å². The van der Waals surface area contributed by atoms with Gasteiger partial charge in [0.25, 0.3) is 0 Å². The maximum atomic E-state index is 10.8. The average Bonchev–Trinajstić information content (AvgIpc) is 3.06. The van der Waals surface area contributed by atoms with Gasteiger partial charge in [-0.1, -0.05) is 66.7 Å². The third-order valence-corrected chi connectivity index (χ3v) is 4.84. The molecule has 0 aliphatic heterocycles. The van der Waals surface area contributed by atoms with Crippen molar-refractivity contribution >= 4 is 22.4 Å². The van der Waals surface area contributed by atoms with Crippen molar-refractivity contribution in [2.45, 2.75) is 6.42 Å². The quantitative estimate of drug-likeness (QED) is 0.404. The van der Waals surface area contributed by atoms with E-state index in [2.05, 4.69) is 23.2 Å². The van der Waals surface area contributed by atoms with Crippen LogP contribution in [0.2, 0.25) is 0 Å². The zero-order valence-electron chi connectivity index (χ0n) is 15.5. The van der Waals surface area contributed by atoms with Crippen molar-refractivity contribution in [1.82, 2.24) is 9.55 Å². The largest absolute Gasteiger partial charge is 0.506 e. The van der Waals surface area contributed by atoms with Crippen LogP contribution in [0.4, 0.5) is 0 Å². The predicted molar refractivity (Wildman–Crippen MR) is 111 cm³/mol. The molecule has 1 N–H and O–H groups in total. The fraction of sp³-hybridized carbons (Fsp3) is 0.0833. The van der Waals surface area contributed by atoms with Gasteiger partial charge in [-0.3, -0.25) is 0 Å². The molecular formula is C24H19N3O. The fourth-order valence-corrected chi connectivity index (χ4v) is 3.33. The van der Waals surface area contributed by atoms with E-state index in [0.29, 0.717) is 11.4 Å². The molecule has 0 aliphatic rings. The Balaban J connectivity index is 1.69. The van der Waals surface area contributed by atoms with Crippen molar-refractivity contribution in [2.24, 2.45) is 7.05 Å². The van der Waals surface area contributed by atoms with Crippen LogP contribution in [0.25, 0.3) is 22.4 Å². The number of aliphatic hydroxyl groups is 1. The Hall–Kier alpha value is -3.84. The number of aliphatic hydroxyl groups excluding tert-OH is 1. The summed E-state index contributed by atoms with van der Waals surface area (Å²) in [6.07, 6.45) is 0.821. The van der Waals surface area contributed by atoms with Crippen molar-refractivity contribution < 1.29 is 5.11 Å². The zero-order valence-corrected chi connectivity index (χ0v) is 15.5. The summed E-state index contributed by atoms with van der Waals surface area (Å²) in [4.78, 5) is 4.53. The first-order valence-electron chi connectivity index (χ1n) is 9.06. The smallest absolute Gasteiger partial charge is 0.155 e. The van der Waals surface area contributed by atoms with Crippen molar-refractivity contribution in [3.8, 4) is 6.07 Å². The molecule has 0 fully saturated rings. The van der Waals surface area contributed by atoms with Crippen LogP contribution >= 0.6 is 0 Å². The summed E-state index contributed by atoms with van der Waals surface area (Å²) < 4.78 is 1.83. The lowest BCUT2D eigenvalue weighted by atomic mass is 10.0. The van der Waals surface area contributed by atoms with Crippen LogP contribution in [-0.2, 0) is 13.5 Å². The summed E-state index contributed by atoms with van der Waals surface area (Å²) in [5.41, 5.74) is 4.83. The van der Waals surface area contributed by atoms with Crippen LogP contribution in [0, 0.1) is 11.3 Å². The van der Waals surface area contributed by atoms with Gasteiger partial charge in [-0.25, -0.2) is 4.98 Å². The number of nitrogens with zero attached hydrogens (tertiary/aromatic N) is 3. The Labute approximate surface area is 163 Å². The molecule has 0 unspecified atom stereocenters. The molecule has 0 saturated heterocycles. The molecule has 0 saturated carbocycles. The molecule has 0 amide bonds. The van der Waals surface area contributed by atoms with Gasteiger partial charge in [-0.2, -0.15) is 5.26 Å². The molecule has 1 heterocycles. The molecule has 0 spiro atoms. The van der Waals surface area contributed by atoms with Gasteiger partial charge >= 0.3 is 0 Å². The van der Waals surface area contributed by atoms with E-state index >= 15 is 0 Å². The number of allylic oxidation sites excluding steroid dienone is 1. The molecular weight excluding hydrogens is 346 g/mol. The Morgan fingerprint density at radius 2 is 1.57 bits per heavy atom. The molecule has 0 bridgehead atoms. The first kappa shape index (κ1) is 17.6. The first-order valence-corrected chi connectivity index (χ1v) is 9.06. The van der Waals surface area contributed by atoms with Gasteiger partial charge < -0.3 is 9.67 Å². The average molecular weight is 365 g/mol. The third-order valence-electron chi connectivity index (χ3n) is 4.84. The van der Waals surface area contributed by atoms with Crippen LogP contribution in [-0.4, -0.2) is 14.7 Å². The summed E-state index contributed by atoms with van der Waals surface area (Å²) in [7, 11) is 1.85. The number of hydrogen-bond acceptors (Lipinski definition) is 3. The minimum Gasteiger partial charge on any atom is -0.506 e. The summed E-state index contributed by atoms with van der Waals surface area (Å²) in [5, 5.41) is 20.5. The topological polar surface area (TPSA) is 61.8 Å². The molecule has 28 heavy (non-hydrogen) atoms. The van der Waals surface area contributed by atoms with E-state index in [4.69, 9.17) is 0 Å².